The highest BCUT2D eigenvalue weighted by molar-refractivity contribution is 6.15. The summed E-state index contributed by atoms with van der Waals surface area (Å²) in [6.07, 6.45) is 6.83. The standard InChI is InChI=1S/C59H64N6O10/c1-7-44(66)16-10-13-19-54(67)63-55(34(2)3)57(69)61-35(4)56(68)62-41-23-36(32-74-52-27-38-20-21-42-25-39-14-8-11-17-48(39)64(42)58(70)45(38)28-50(52)72-5)22-37(24-41)33-75-53-30-47-46(29-51(53)73-6)59(71)65-43(31-60-47)26-40-15-9-12-18-49(40)65/h8-9,11-12,14-15,17-18,22-24,27-31,34-35,42-43,55H,7,10,13,16,19-21,25-26,32-33H2,1-6H3,(H,61,69)(H,62,68)(H,63,67)/t35-,42+,43-,55-/m0/s1. The van der Waals surface area contributed by atoms with Gasteiger partial charge in [0.25, 0.3) is 11.8 Å². The average molecular weight is 1020 g/mol. The van der Waals surface area contributed by atoms with Crippen molar-refractivity contribution in [3.05, 3.63) is 130 Å². The summed E-state index contributed by atoms with van der Waals surface area (Å²) in [5.74, 6) is -0.213. The van der Waals surface area contributed by atoms with Gasteiger partial charge in [0.1, 0.15) is 31.1 Å². The van der Waals surface area contributed by atoms with Crippen molar-refractivity contribution in [2.75, 3.05) is 29.3 Å². The molecular formula is C59H64N6O10. The van der Waals surface area contributed by atoms with Crippen molar-refractivity contribution in [1.82, 2.24) is 10.6 Å². The molecule has 0 spiro atoms. The number of aliphatic imine (C=N–C) groups is 1. The molecule has 390 valence electrons. The first-order valence-corrected chi connectivity index (χ1v) is 25.8. The van der Waals surface area contributed by atoms with Crippen LogP contribution in [0, 0.1) is 5.92 Å². The van der Waals surface area contributed by atoms with E-state index in [1.165, 1.54) is 14.2 Å². The monoisotopic (exact) mass is 1020 g/mol. The smallest absolute Gasteiger partial charge is 0.261 e. The van der Waals surface area contributed by atoms with Crippen LogP contribution in [0.15, 0.2) is 96.0 Å². The average Bonchev–Trinajstić information content (AvgIpc) is 3.90. The molecule has 9 rings (SSSR count). The fourth-order valence-corrected chi connectivity index (χ4v) is 10.4. The van der Waals surface area contributed by atoms with E-state index in [1.807, 2.05) is 80.3 Å². The van der Waals surface area contributed by atoms with Gasteiger partial charge in [0, 0.05) is 66.6 Å². The molecule has 4 aliphatic rings. The summed E-state index contributed by atoms with van der Waals surface area (Å²) in [7, 11) is 3.04. The Hall–Kier alpha value is -8.01. The summed E-state index contributed by atoms with van der Waals surface area (Å²) in [4.78, 5) is 88.8. The van der Waals surface area contributed by atoms with Gasteiger partial charge in [-0.15, -0.1) is 0 Å². The number of anilines is 3. The van der Waals surface area contributed by atoms with E-state index in [0.29, 0.717) is 95.2 Å². The molecular weight excluding hydrogens is 953 g/mol. The van der Waals surface area contributed by atoms with Gasteiger partial charge >= 0.3 is 0 Å². The maximum atomic E-state index is 14.2. The Morgan fingerprint density at radius 2 is 1.29 bits per heavy atom. The summed E-state index contributed by atoms with van der Waals surface area (Å²) in [6, 6.07) is 26.1. The van der Waals surface area contributed by atoms with Crippen molar-refractivity contribution < 1.29 is 47.7 Å². The van der Waals surface area contributed by atoms with Crippen LogP contribution in [-0.4, -0.2) is 79.9 Å². The second-order valence-electron chi connectivity index (χ2n) is 20.0. The fraction of sp³-hybridized carbons (Fsp3) is 0.373. The number of ketones is 1. The largest absolute Gasteiger partial charge is 0.493 e. The lowest BCUT2D eigenvalue weighted by molar-refractivity contribution is -0.131. The minimum Gasteiger partial charge on any atom is -0.493 e. The number of fused-ring (bicyclic) bond motifs is 8. The number of aryl methyl sites for hydroxylation is 1. The fourth-order valence-electron chi connectivity index (χ4n) is 10.4. The number of carbonyl (C=O) groups is 6. The summed E-state index contributed by atoms with van der Waals surface area (Å²) in [5, 5.41) is 8.53. The van der Waals surface area contributed by atoms with E-state index in [2.05, 4.69) is 22.0 Å². The Bertz CT molecular complexity index is 3080. The molecule has 0 unspecified atom stereocenters. The zero-order valence-electron chi connectivity index (χ0n) is 43.3. The van der Waals surface area contributed by atoms with E-state index >= 15 is 0 Å². The van der Waals surface area contributed by atoms with E-state index in [0.717, 1.165) is 40.9 Å². The molecule has 0 bridgehead atoms. The summed E-state index contributed by atoms with van der Waals surface area (Å²) < 4.78 is 24.6. The van der Waals surface area contributed by atoms with Crippen LogP contribution in [0.4, 0.5) is 22.7 Å². The van der Waals surface area contributed by atoms with E-state index in [1.54, 1.807) is 48.4 Å². The van der Waals surface area contributed by atoms with Crippen molar-refractivity contribution in [2.24, 2.45) is 10.9 Å². The molecule has 16 heteroatoms. The number of hydrogen-bond donors (Lipinski definition) is 3. The molecule has 4 aliphatic heterocycles. The number of nitrogens with one attached hydrogen (secondary N) is 3. The number of methoxy groups -OCH3 is 2. The zero-order valence-corrected chi connectivity index (χ0v) is 43.3. The quantitative estimate of drug-likeness (QED) is 0.0635. The number of hydrogen-bond acceptors (Lipinski definition) is 11. The molecule has 5 amide bonds. The van der Waals surface area contributed by atoms with Crippen molar-refractivity contribution in [3.8, 4) is 23.0 Å². The Kier molecular flexibility index (Phi) is 15.6. The number of carbonyl (C=O) groups excluding carboxylic acids is 6. The lowest BCUT2D eigenvalue weighted by Crippen LogP contribution is -2.53. The molecule has 0 aromatic heterocycles. The highest BCUT2D eigenvalue weighted by Crippen LogP contribution is 2.43. The first-order valence-electron chi connectivity index (χ1n) is 25.8. The molecule has 4 heterocycles. The van der Waals surface area contributed by atoms with Gasteiger partial charge in [0.15, 0.2) is 23.0 Å². The van der Waals surface area contributed by atoms with Crippen LogP contribution in [0.5, 0.6) is 23.0 Å². The SMILES string of the molecule is CCC(=O)CCCCC(=O)N[C@H](C(=O)N[C@@H](C)C(=O)Nc1cc(COc2cc3c(cc2OC)C(=O)N2c4ccccc4C[C@H]2CC3)cc(COc2cc3c(cc2OC)C(=O)N2c4ccccc4C[C@H]2C=N3)c1)C(C)C. The van der Waals surface area contributed by atoms with Gasteiger partial charge in [-0.1, -0.05) is 57.2 Å². The van der Waals surface area contributed by atoms with Crippen molar-refractivity contribution in [3.63, 3.8) is 0 Å². The van der Waals surface area contributed by atoms with Crippen LogP contribution in [0.25, 0.3) is 0 Å². The molecule has 5 aromatic carbocycles. The van der Waals surface area contributed by atoms with Gasteiger partial charge in [-0.2, -0.15) is 0 Å². The van der Waals surface area contributed by atoms with E-state index in [-0.39, 0.29) is 61.1 Å². The number of benzene rings is 5. The predicted octanol–water partition coefficient (Wildman–Crippen LogP) is 8.79. The predicted molar refractivity (Wildman–Crippen MR) is 286 cm³/mol. The maximum absolute atomic E-state index is 14.2. The molecule has 5 aromatic rings. The van der Waals surface area contributed by atoms with Crippen molar-refractivity contribution >= 4 is 64.3 Å². The molecule has 75 heavy (non-hydrogen) atoms. The van der Waals surface area contributed by atoms with Gasteiger partial charge < -0.3 is 39.8 Å². The van der Waals surface area contributed by atoms with Crippen LogP contribution in [0.1, 0.15) is 115 Å². The first-order chi connectivity index (χ1) is 36.2. The third-order valence-electron chi connectivity index (χ3n) is 14.4. The number of ether oxygens (including phenoxy) is 4. The Morgan fingerprint density at radius 3 is 1.96 bits per heavy atom. The molecule has 16 nitrogen and oxygen atoms in total. The number of nitrogens with zero attached hydrogens (tertiary/aromatic N) is 3. The molecule has 0 saturated carbocycles. The van der Waals surface area contributed by atoms with Gasteiger partial charge in [-0.05, 0) is 121 Å². The van der Waals surface area contributed by atoms with E-state index in [9.17, 15) is 28.8 Å². The second kappa shape index (κ2) is 22.6. The van der Waals surface area contributed by atoms with E-state index in [4.69, 9.17) is 23.9 Å². The van der Waals surface area contributed by atoms with Gasteiger partial charge in [0.05, 0.1) is 31.5 Å². The molecule has 0 saturated heterocycles. The third-order valence-corrected chi connectivity index (χ3v) is 14.4. The Morgan fingerprint density at radius 1 is 0.680 bits per heavy atom. The molecule has 4 atom stereocenters. The number of unbranched alkanes of at least 4 members (excludes halogenated alkanes) is 1. The first kappa shape index (κ1) is 51.9. The lowest BCUT2D eigenvalue weighted by Gasteiger charge is -2.24. The van der Waals surface area contributed by atoms with Crippen LogP contribution in [0.2, 0.25) is 0 Å². The van der Waals surface area contributed by atoms with Crippen LogP contribution < -0.4 is 44.7 Å². The second-order valence-corrected chi connectivity index (χ2v) is 20.0. The Balaban J connectivity index is 0.942. The zero-order chi connectivity index (χ0) is 52.9. The van der Waals surface area contributed by atoms with Gasteiger partial charge in [0.2, 0.25) is 17.7 Å². The van der Waals surface area contributed by atoms with Crippen molar-refractivity contribution in [1.29, 1.82) is 0 Å². The van der Waals surface area contributed by atoms with Crippen LogP contribution in [-0.2, 0) is 51.7 Å². The maximum Gasteiger partial charge on any atom is 0.261 e. The van der Waals surface area contributed by atoms with Crippen LogP contribution in [0.3, 0.4) is 0 Å². The third kappa shape index (κ3) is 11.2. The van der Waals surface area contributed by atoms with E-state index < -0.39 is 23.9 Å². The molecule has 3 N–H and O–H groups in total. The summed E-state index contributed by atoms with van der Waals surface area (Å²) in [5.41, 5.74) is 7.95. The van der Waals surface area contributed by atoms with Crippen molar-refractivity contribution in [2.45, 2.75) is 123 Å². The topological polar surface area (TPSA) is 194 Å². The lowest BCUT2D eigenvalue weighted by atomic mass is 9.99. The van der Waals surface area contributed by atoms with Gasteiger partial charge in [-0.25, -0.2) is 0 Å². The number of Topliss-reactive ketones (excluding diaryl/α,β-unsaturated/α-hetero) is 1. The summed E-state index contributed by atoms with van der Waals surface area (Å²) >= 11 is 0. The Labute approximate surface area is 437 Å². The highest BCUT2D eigenvalue weighted by Gasteiger charge is 2.39. The van der Waals surface area contributed by atoms with Crippen LogP contribution >= 0.6 is 0 Å². The normalized spacial score (nSPS) is 16.7. The number of rotatable bonds is 20. The molecule has 0 fully saturated rings. The summed E-state index contributed by atoms with van der Waals surface area (Å²) in [6.45, 7) is 7.01. The highest BCUT2D eigenvalue weighted by atomic mass is 16.5. The number of amides is 5. The minimum atomic E-state index is -1.01. The molecule has 0 aliphatic carbocycles. The number of para-hydroxylation sites is 2. The molecule has 0 radical (unpaired) electrons. The minimum absolute atomic E-state index is 0.00627. The van der Waals surface area contributed by atoms with Gasteiger partial charge in [-0.3, -0.25) is 38.7 Å².